The van der Waals surface area contributed by atoms with Gasteiger partial charge in [-0.15, -0.1) is 0 Å². The summed E-state index contributed by atoms with van der Waals surface area (Å²) in [6.45, 7) is 5.44. The molecule has 0 aliphatic rings. The summed E-state index contributed by atoms with van der Waals surface area (Å²) >= 11 is 0. The van der Waals surface area contributed by atoms with Crippen molar-refractivity contribution in [3.05, 3.63) is 24.3 Å². The molecule has 0 aromatic rings. The van der Waals surface area contributed by atoms with Gasteiger partial charge in [-0.2, -0.15) is 0 Å². The van der Waals surface area contributed by atoms with Gasteiger partial charge in [-0.1, -0.05) is 237 Å². The highest BCUT2D eigenvalue weighted by atomic mass is 31.2. The molecule has 0 N–H and O–H groups in total. The third-order valence-electron chi connectivity index (χ3n) is 12.3. The predicted octanol–water partition coefficient (Wildman–Crippen LogP) is 16.5. The Morgan fingerprint density at radius 3 is 1.30 bits per heavy atom. The molecule has 0 radical (unpaired) electrons. The van der Waals surface area contributed by atoms with E-state index >= 15 is 0 Å². The van der Waals surface area contributed by atoms with E-state index < -0.39 is 13.9 Å². The Morgan fingerprint density at radius 1 is 0.484 bits per heavy atom. The number of rotatable bonds is 52. The third-order valence-corrected chi connectivity index (χ3v) is 13.2. The van der Waals surface area contributed by atoms with Crippen molar-refractivity contribution in [2.24, 2.45) is 0 Å². The van der Waals surface area contributed by atoms with Crippen LogP contribution >= 0.6 is 7.82 Å². The Balaban J connectivity index is 4.07. The number of hydrogen-bond donors (Lipinski definition) is 0. The van der Waals surface area contributed by atoms with E-state index in [0.29, 0.717) is 24.1 Å². The van der Waals surface area contributed by atoms with Crippen molar-refractivity contribution in [2.45, 2.75) is 270 Å². The van der Waals surface area contributed by atoms with Gasteiger partial charge in [0.1, 0.15) is 19.3 Å². The number of phosphoric acid groups is 1. The Hall–Kier alpha value is -1.02. The van der Waals surface area contributed by atoms with Crippen molar-refractivity contribution in [1.29, 1.82) is 0 Å². The van der Waals surface area contributed by atoms with E-state index in [1.165, 1.54) is 205 Å². The first-order valence-corrected chi connectivity index (χ1v) is 29.0. The molecule has 0 fully saturated rings. The van der Waals surface area contributed by atoms with Gasteiger partial charge < -0.3 is 27.9 Å². The van der Waals surface area contributed by atoms with Crippen LogP contribution in [0.5, 0.6) is 0 Å². The fourth-order valence-electron chi connectivity index (χ4n) is 7.99. The average molecular weight is 926 g/mol. The van der Waals surface area contributed by atoms with Gasteiger partial charge in [0.05, 0.1) is 34.4 Å². The fourth-order valence-corrected chi connectivity index (χ4v) is 8.72. The lowest BCUT2D eigenvalue weighted by molar-refractivity contribution is -0.870. The second-order valence-corrected chi connectivity index (χ2v) is 21.4. The molecule has 0 saturated heterocycles. The number of allylic oxidation sites excluding steroid dienone is 4. The molecule has 0 saturated carbocycles. The second-order valence-electron chi connectivity index (χ2n) is 20.0. The van der Waals surface area contributed by atoms with Gasteiger partial charge in [0.15, 0.2) is 0 Å². The van der Waals surface area contributed by atoms with Crippen LogP contribution in [0.25, 0.3) is 0 Å². The first kappa shape index (κ1) is 63.0. The highest BCUT2D eigenvalue weighted by Crippen LogP contribution is 2.38. The Morgan fingerprint density at radius 2 is 0.859 bits per heavy atom. The molecule has 2 atom stereocenters. The summed E-state index contributed by atoms with van der Waals surface area (Å²) in [7, 11) is 1.37. The van der Waals surface area contributed by atoms with Gasteiger partial charge in [-0.25, -0.2) is 0 Å². The minimum atomic E-state index is -4.53. The van der Waals surface area contributed by atoms with E-state index in [-0.39, 0.29) is 25.8 Å². The van der Waals surface area contributed by atoms with Crippen molar-refractivity contribution in [1.82, 2.24) is 0 Å². The summed E-state index contributed by atoms with van der Waals surface area (Å²) < 4.78 is 34.8. The SMILES string of the molecule is CCCCC/C=C\C/C=C\CCCCCCCCCCCCOCC(COP(=O)([O-])OCC[N+](C)(C)C)OC(=O)CCCCCCCCCCCCCCCCCCCCCCCC. The predicted molar refractivity (Wildman–Crippen MR) is 273 cm³/mol. The number of carbonyl (C=O) groups excluding carboxylic acids is 1. The second kappa shape index (κ2) is 48.4. The van der Waals surface area contributed by atoms with E-state index in [9.17, 15) is 14.3 Å². The summed E-state index contributed by atoms with van der Waals surface area (Å²) in [6.07, 6.45) is 57.8. The van der Waals surface area contributed by atoms with Crippen LogP contribution in [0, 0.1) is 0 Å². The smallest absolute Gasteiger partial charge is 0.306 e. The van der Waals surface area contributed by atoms with Crippen molar-refractivity contribution in [3.8, 4) is 0 Å². The first-order chi connectivity index (χ1) is 31.1. The quantitative estimate of drug-likeness (QED) is 0.0197. The van der Waals surface area contributed by atoms with Crippen LogP contribution in [-0.4, -0.2) is 70.7 Å². The molecule has 2 unspecified atom stereocenters. The van der Waals surface area contributed by atoms with Crippen LogP contribution in [0.15, 0.2) is 24.3 Å². The molecule has 9 heteroatoms. The molecule has 380 valence electrons. The molecule has 0 bridgehead atoms. The number of likely N-dealkylation sites (N-methyl/N-ethyl adjacent to an activating group) is 1. The average Bonchev–Trinajstić information content (AvgIpc) is 3.25. The van der Waals surface area contributed by atoms with Crippen LogP contribution < -0.4 is 4.89 Å². The van der Waals surface area contributed by atoms with Gasteiger partial charge in [-0.05, 0) is 44.9 Å². The van der Waals surface area contributed by atoms with Crippen LogP contribution in [0.4, 0.5) is 0 Å². The van der Waals surface area contributed by atoms with E-state index in [4.69, 9.17) is 18.5 Å². The van der Waals surface area contributed by atoms with E-state index in [1.54, 1.807) is 0 Å². The zero-order chi connectivity index (χ0) is 46.9. The molecular formula is C55H108NO7P. The summed E-state index contributed by atoms with van der Waals surface area (Å²) in [5.74, 6) is -0.328. The molecular weight excluding hydrogens is 818 g/mol. The molecule has 64 heavy (non-hydrogen) atoms. The lowest BCUT2D eigenvalue weighted by atomic mass is 10.0. The van der Waals surface area contributed by atoms with Gasteiger partial charge in [0.25, 0.3) is 7.82 Å². The van der Waals surface area contributed by atoms with Gasteiger partial charge in [0, 0.05) is 13.0 Å². The van der Waals surface area contributed by atoms with Crippen molar-refractivity contribution < 1.29 is 37.3 Å². The van der Waals surface area contributed by atoms with Crippen LogP contribution in [0.2, 0.25) is 0 Å². The lowest BCUT2D eigenvalue weighted by Crippen LogP contribution is -2.37. The van der Waals surface area contributed by atoms with Gasteiger partial charge >= 0.3 is 5.97 Å². The summed E-state index contributed by atoms with van der Waals surface area (Å²) in [4.78, 5) is 25.2. The van der Waals surface area contributed by atoms with E-state index in [1.807, 2.05) is 21.1 Å². The summed E-state index contributed by atoms with van der Waals surface area (Å²) in [5, 5.41) is 0. The molecule has 0 amide bonds. The van der Waals surface area contributed by atoms with E-state index in [0.717, 1.165) is 38.5 Å². The van der Waals surface area contributed by atoms with E-state index in [2.05, 4.69) is 38.2 Å². The number of hydrogen-bond acceptors (Lipinski definition) is 7. The summed E-state index contributed by atoms with van der Waals surface area (Å²) in [5.41, 5.74) is 0. The number of quaternary nitrogens is 1. The van der Waals surface area contributed by atoms with Crippen molar-refractivity contribution in [3.63, 3.8) is 0 Å². The van der Waals surface area contributed by atoms with Crippen molar-refractivity contribution >= 4 is 13.8 Å². The number of unbranched alkanes of at least 4 members (excludes halogenated alkanes) is 34. The minimum Gasteiger partial charge on any atom is -0.756 e. The zero-order valence-electron chi connectivity index (χ0n) is 43.3. The summed E-state index contributed by atoms with van der Waals surface area (Å²) in [6, 6.07) is 0. The number of esters is 1. The first-order valence-electron chi connectivity index (χ1n) is 27.6. The van der Waals surface area contributed by atoms with Crippen molar-refractivity contribution in [2.75, 3.05) is 54.1 Å². The van der Waals surface area contributed by atoms with Gasteiger partial charge in [0.2, 0.25) is 0 Å². The monoisotopic (exact) mass is 926 g/mol. The highest BCUT2D eigenvalue weighted by molar-refractivity contribution is 7.45. The normalized spacial score (nSPS) is 13.7. The molecule has 0 heterocycles. The number of carbonyl (C=O) groups is 1. The fraction of sp³-hybridized carbons (Fsp3) is 0.909. The molecule has 0 aromatic heterocycles. The molecule has 0 aliphatic carbocycles. The maximum absolute atomic E-state index is 12.8. The number of ether oxygens (including phenoxy) is 2. The topological polar surface area (TPSA) is 94.1 Å². The molecule has 0 rings (SSSR count). The molecule has 0 aromatic carbocycles. The maximum Gasteiger partial charge on any atom is 0.306 e. The minimum absolute atomic E-state index is 0.0281. The van der Waals surface area contributed by atoms with Crippen LogP contribution in [-0.2, 0) is 27.9 Å². The molecule has 0 aliphatic heterocycles. The number of phosphoric ester groups is 1. The zero-order valence-corrected chi connectivity index (χ0v) is 44.1. The largest absolute Gasteiger partial charge is 0.756 e. The van der Waals surface area contributed by atoms with Gasteiger partial charge in [-0.3, -0.25) is 9.36 Å². The Kier molecular flexibility index (Phi) is 47.7. The van der Waals surface area contributed by atoms with Crippen LogP contribution in [0.3, 0.4) is 0 Å². The molecule has 8 nitrogen and oxygen atoms in total. The van der Waals surface area contributed by atoms with Crippen LogP contribution in [0.1, 0.15) is 264 Å². The number of nitrogens with zero attached hydrogens (tertiary/aromatic N) is 1. The standard InChI is InChI=1S/C55H108NO7P/c1-6-8-10-12-14-16-18-20-22-24-26-28-29-30-32-34-36-38-40-42-44-46-48-55(57)63-54(53-62-64(58,59)61-51-49-56(3,4)5)52-60-50-47-45-43-41-39-37-35-33-31-27-25-23-21-19-17-15-13-11-9-7-2/h15,17,21,23,54H,6-14,16,18-20,22,24-53H2,1-5H3/b17-15-,23-21-. The molecule has 0 spiro atoms. The third kappa shape index (κ3) is 52.0. The maximum atomic E-state index is 12.8. The highest BCUT2D eigenvalue weighted by Gasteiger charge is 2.20. The Bertz CT molecular complexity index is 1080. The Labute approximate surface area is 398 Å². The lowest BCUT2D eigenvalue weighted by Gasteiger charge is -2.28.